The molecule has 1 aliphatic heterocycles. The lowest BCUT2D eigenvalue weighted by molar-refractivity contribution is -0.935. The van der Waals surface area contributed by atoms with Gasteiger partial charge < -0.3 is 5.32 Å². The minimum absolute atomic E-state index is 0.0693. The second kappa shape index (κ2) is 17.5. The van der Waals surface area contributed by atoms with E-state index in [1.54, 1.807) is 6.92 Å². The lowest BCUT2D eigenvalue weighted by Crippen LogP contribution is -2.55. The number of carbonyl (C=O) groups is 1. The fraction of sp³-hybridized carbons (Fsp3) is 0.846. The van der Waals surface area contributed by atoms with E-state index in [1.807, 2.05) is 0 Å². The fourth-order valence-corrected chi connectivity index (χ4v) is 4.53. The van der Waals surface area contributed by atoms with E-state index in [1.165, 1.54) is 89.9 Å². The second-order valence-corrected chi connectivity index (χ2v) is 9.11. The van der Waals surface area contributed by atoms with Gasteiger partial charge in [-0.1, -0.05) is 70.4 Å². The van der Waals surface area contributed by atoms with Crippen molar-refractivity contribution < 1.29 is 9.28 Å². The quantitative estimate of drug-likeness (QED) is 0.146. The van der Waals surface area contributed by atoms with Gasteiger partial charge in [0.25, 0.3) is 0 Å². The van der Waals surface area contributed by atoms with E-state index in [0.29, 0.717) is 6.17 Å². The van der Waals surface area contributed by atoms with Crippen molar-refractivity contribution >= 4 is 12.1 Å². The zero-order valence-corrected chi connectivity index (χ0v) is 20.3. The third kappa shape index (κ3) is 11.9. The molecule has 0 aliphatic carbocycles. The topological polar surface area (TPSA) is 41.5 Å². The first kappa shape index (κ1) is 26.9. The molecule has 1 rings (SSSR count). The van der Waals surface area contributed by atoms with Crippen molar-refractivity contribution in [3.05, 3.63) is 12.2 Å². The van der Waals surface area contributed by atoms with Gasteiger partial charge in [0.05, 0.1) is 25.8 Å². The van der Waals surface area contributed by atoms with Crippen LogP contribution in [0.1, 0.15) is 111 Å². The molecule has 4 heteroatoms. The zero-order valence-electron chi connectivity index (χ0n) is 20.3. The monoisotopic (exact) mass is 420 g/mol. The molecule has 174 valence electrons. The lowest BCUT2D eigenvalue weighted by atomic mass is 10.0. The van der Waals surface area contributed by atoms with Gasteiger partial charge in [-0.3, -0.25) is 9.28 Å². The Morgan fingerprint density at radius 2 is 1.57 bits per heavy atom. The number of amides is 1. The molecule has 2 atom stereocenters. The number of quaternary nitrogens is 1. The molecule has 0 saturated carbocycles. The second-order valence-electron chi connectivity index (χ2n) is 9.11. The number of nitrogens with zero attached hydrogens (tertiary/aromatic N) is 2. The molecule has 0 aromatic carbocycles. The summed E-state index contributed by atoms with van der Waals surface area (Å²) < 4.78 is 1.02. The number of carbonyl (C=O) groups excluding carboxylic acids is 1. The Morgan fingerprint density at radius 3 is 2.17 bits per heavy atom. The van der Waals surface area contributed by atoms with Gasteiger partial charge in [0.1, 0.15) is 6.54 Å². The van der Waals surface area contributed by atoms with Gasteiger partial charge in [0.15, 0.2) is 6.17 Å². The maximum absolute atomic E-state index is 11.2. The zero-order chi connectivity index (χ0) is 21.9. The number of allylic oxidation sites excluding steroid dienone is 2. The molecule has 0 aromatic rings. The Hall–Kier alpha value is -1.16. The van der Waals surface area contributed by atoms with E-state index >= 15 is 0 Å². The van der Waals surface area contributed by atoms with Crippen molar-refractivity contribution in [2.45, 2.75) is 117 Å². The Labute approximate surface area is 187 Å². The van der Waals surface area contributed by atoms with Crippen LogP contribution in [0.25, 0.3) is 0 Å². The van der Waals surface area contributed by atoms with Crippen LogP contribution in [0.3, 0.4) is 0 Å². The molecule has 1 N–H and O–H groups in total. The molecule has 0 fully saturated rings. The summed E-state index contributed by atoms with van der Waals surface area (Å²) in [6.07, 6.45) is 26.0. The van der Waals surface area contributed by atoms with Crippen LogP contribution >= 0.6 is 0 Å². The number of rotatable bonds is 19. The number of hydrogen-bond donors (Lipinski definition) is 1. The van der Waals surface area contributed by atoms with Crippen molar-refractivity contribution in [1.82, 2.24) is 5.32 Å². The highest BCUT2D eigenvalue weighted by atomic mass is 16.1. The van der Waals surface area contributed by atoms with Gasteiger partial charge in [-0.25, -0.2) is 4.99 Å². The minimum Gasteiger partial charge on any atom is -0.351 e. The van der Waals surface area contributed by atoms with Gasteiger partial charge in [-0.2, -0.15) is 0 Å². The van der Waals surface area contributed by atoms with Crippen molar-refractivity contribution in [2.75, 3.05) is 26.2 Å². The summed E-state index contributed by atoms with van der Waals surface area (Å²) in [5.74, 6) is 0.0693. The lowest BCUT2D eigenvalue weighted by Gasteiger charge is -2.38. The van der Waals surface area contributed by atoms with Crippen LogP contribution in [0.5, 0.6) is 0 Å². The molecular weight excluding hydrogens is 370 g/mol. The van der Waals surface area contributed by atoms with Gasteiger partial charge in [-0.05, 0) is 39.0 Å². The number of aliphatic imine (C=N–C) groups is 1. The van der Waals surface area contributed by atoms with Gasteiger partial charge in [-0.15, -0.1) is 0 Å². The third-order valence-electron chi connectivity index (χ3n) is 6.64. The summed E-state index contributed by atoms with van der Waals surface area (Å²) in [5, 5.41) is 2.96. The molecular formula is C26H50N3O+. The molecule has 0 radical (unpaired) electrons. The standard InChI is InChI=1S/C26H49N3O/c1-4-6-7-8-9-10-11-12-13-14-15-16-17-18-19-20-26-28-22-24-29(26,5-2)23-21-27-25(3)30/h9-10,22,26H,4-8,11-21,23-24H2,1-3H3/p+1/b10-9+. The Balaban J connectivity index is 2.00. The molecule has 1 aliphatic rings. The molecule has 0 saturated heterocycles. The Morgan fingerprint density at radius 1 is 0.967 bits per heavy atom. The van der Waals surface area contributed by atoms with E-state index < -0.39 is 0 Å². The highest BCUT2D eigenvalue weighted by Gasteiger charge is 2.37. The molecule has 2 unspecified atom stereocenters. The third-order valence-corrected chi connectivity index (χ3v) is 6.64. The molecule has 1 amide bonds. The SMILES string of the molecule is CCCCC/C=C/CCCCCCCCCCC1N=CC[N+]1(CC)CCNC(C)=O. The number of unbranched alkanes of at least 4 members (excludes halogenated alkanes) is 11. The first-order chi connectivity index (χ1) is 14.6. The van der Waals surface area contributed by atoms with Crippen molar-refractivity contribution in [3.63, 3.8) is 0 Å². The largest absolute Gasteiger partial charge is 0.351 e. The van der Waals surface area contributed by atoms with E-state index in [4.69, 9.17) is 4.99 Å². The Kier molecular flexibility index (Phi) is 15.7. The Bertz CT molecular complexity index is 489. The molecule has 30 heavy (non-hydrogen) atoms. The summed E-state index contributed by atoms with van der Waals surface area (Å²) in [6.45, 7) is 10.0. The highest BCUT2D eigenvalue weighted by molar-refractivity contribution is 5.72. The van der Waals surface area contributed by atoms with E-state index in [9.17, 15) is 4.79 Å². The molecule has 0 spiro atoms. The molecule has 4 nitrogen and oxygen atoms in total. The normalized spacial score (nSPS) is 21.0. The van der Waals surface area contributed by atoms with Crippen LogP contribution in [0, 0.1) is 0 Å². The summed E-state index contributed by atoms with van der Waals surface area (Å²) in [7, 11) is 0. The van der Waals surface area contributed by atoms with Crippen LogP contribution in [0.15, 0.2) is 17.1 Å². The summed E-state index contributed by atoms with van der Waals surface area (Å²) in [6, 6.07) is 0. The summed E-state index contributed by atoms with van der Waals surface area (Å²) >= 11 is 0. The van der Waals surface area contributed by atoms with Crippen LogP contribution in [0.4, 0.5) is 0 Å². The van der Waals surface area contributed by atoms with Crippen LogP contribution in [0.2, 0.25) is 0 Å². The fourth-order valence-electron chi connectivity index (χ4n) is 4.53. The smallest absolute Gasteiger partial charge is 0.217 e. The first-order valence-corrected chi connectivity index (χ1v) is 12.9. The van der Waals surface area contributed by atoms with Gasteiger partial charge in [0, 0.05) is 13.3 Å². The molecule has 1 heterocycles. The minimum atomic E-state index is 0.0693. The summed E-state index contributed by atoms with van der Waals surface area (Å²) in [5.41, 5.74) is 0. The maximum atomic E-state index is 11.2. The molecule has 0 bridgehead atoms. The predicted octanol–water partition coefficient (Wildman–Crippen LogP) is 6.41. The number of likely N-dealkylation sites (N-methyl/N-ethyl adjacent to an activating group) is 1. The first-order valence-electron chi connectivity index (χ1n) is 12.9. The van der Waals surface area contributed by atoms with Crippen LogP contribution in [-0.2, 0) is 4.79 Å². The highest BCUT2D eigenvalue weighted by Crippen LogP contribution is 2.24. The van der Waals surface area contributed by atoms with E-state index in [2.05, 4.69) is 37.5 Å². The molecule has 0 aromatic heterocycles. The van der Waals surface area contributed by atoms with Crippen LogP contribution in [-0.4, -0.2) is 48.9 Å². The summed E-state index contributed by atoms with van der Waals surface area (Å²) in [4.78, 5) is 16.0. The van der Waals surface area contributed by atoms with Crippen LogP contribution < -0.4 is 5.32 Å². The van der Waals surface area contributed by atoms with Crippen molar-refractivity contribution in [1.29, 1.82) is 0 Å². The van der Waals surface area contributed by atoms with Crippen molar-refractivity contribution in [2.24, 2.45) is 4.99 Å². The predicted molar refractivity (Wildman–Crippen MR) is 131 cm³/mol. The number of nitrogens with one attached hydrogen (secondary N) is 1. The van der Waals surface area contributed by atoms with Gasteiger partial charge >= 0.3 is 0 Å². The maximum Gasteiger partial charge on any atom is 0.217 e. The average Bonchev–Trinajstić information content (AvgIpc) is 3.13. The van der Waals surface area contributed by atoms with Gasteiger partial charge in [0.2, 0.25) is 5.91 Å². The average molecular weight is 421 g/mol. The van der Waals surface area contributed by atoms with Crippen molar-refractivity contribution in [3.8, 4) is 0 Å². The van der Waals surface area contributed by atoms with E-state index in [0.717, 1.165) is 30.7 Å². The van der Waals surface area contributed by atoms with E-state index in [-0.39, 0.29) is 5.91 Å². The number of hydrogen-bond acceptors (Lipinski definition) is 2.